The van der Waals surface area contributed by atoms with Crippen LogP contribution in [0.15, 0.2) is 47.9 Å². The molecule has 0 atom stereocenters. The molecule has 0 bridgehead atoms. The number of carbonyl (C=O) groups excluding carboxylic acids is 1. The molecule has 0 saturated heterocycles. The van der Waals surface area contributed by atoms with E-state index in [-0.39, 0.29) is 18.7 Å². The van der Waals surface area contributed by atoms with Gasteiger partial charge >= 0.3 is 12.1 Å². The van der Waals surface area contributed by atoms with Crippen LogP contribution in [0.4, 0.5) is 4.79 Å². The molecule has 0 unspecified atom stereocenters. The van der Waals surface area contributed by atoms with Crippen molar-refractivity contribution in [1.29, 1.82) is 0 Å². The van der Waals surface area contributed by atoms with E-state index in [0.717, 1.165) is 5.56 Å². The van der Waals surface area contributed by atoms with Crippen LogP contribution in [0, 0.1) is 0 Å². The molecule has 0 saturated carbocycles. The SMILES string of the molecule is O=C(NCC=Cc1sccc1C(=O)O)OCc1ccccc1. The number of benzene rings is 1. The zero-order chi connectivity index (χ0) is 15.8. The zero-order valence-electron chi connectivity index (χ0n) is 11.7. The molecule has 0 spiro atoms. The third-order valence-electron chi connectivity index (χ3n) is 2.77. The number of amides is 1. The molecule has 2 rings (SSSR count). The highest BCUT2D eigenvalue weighted by molar-refractivity contribution is 7.11. The molecule has 0 aliphatic rings. The maximum atomic E-state index is 11.5. The number of carboxylic acids is 1. The van der Waals surface area contributed by atoms with Gasteiger partial charge in [0.05, 0.1) is 5.56 Å². The molecule has 0 aliphatic heterocycles. The standard InChI is InChI=1S/C16H15NO4S/c18-15(19)13-8-10-22-14(13)7-4-9-17-16(20)21-11-12-5-2-1-3-6-12/h1-8,10H,9,11H2,(H,17,20)(H,18,19). The lowest BCUT2D eigenvalue weighted by molar-refractivity contribution is 0.0697. The van der Waals surface area contributed by atoms with Crippen molar-refractivity contribution in [2.45, 2.75) is 6.61 Å². The molecule has 0 fully saturated rings. The smallest absolute Gasteiger partial charge is 0.407 e. The number of alkyl carbamates (subject to hydrolysis) is 1. The summed E-state index contributed by atoms with van der Waals surface area (Å²) < 4.78 is 5.05. The van der Waals surface area contributed by atoms with Crippen molar-refractivity contribution >= 4 is 29.5 Å². The van der Waals surface area contributed by atoms with E-state index in [9.17, 15) is 9.59 Å². The Bertz CT molecular complexity index is 664. The third kappa shape index (κ3) is 4.75. The van der Waals surface area contributed by atoms with E-state index >= 15 is 0 Å². The maximum absolute atomic E-state index is 11.5. The van der Waals surface area contributed by atoms with Crippen molar-refractivity contribution in [3.63, 3.8) is 0 Å². The Morgan fingerprint density at radius 3 is 2.73 bits per heavy atom. The number of ether oxygens (including phenoxy) is 1. The van der Waals surface area contributed by atoms with Crippen LogP contribution in [-0.2, 0) is 11.3 Å². The third-order valence-corrected chi connectivity index (χ3v) is 3.65. The van der Waals surface area contributed by atoms with Gasteiger partial charge in [-0.15, -0.1) is 11.3 Å². The highest BCUT2D eigenvalue weighted by atomic mass is 32.1. The second kappa shape index (κ2) is 7.99. The topological polar surface area (TPSA) is 75.6 Å². The van der Waals surface area contributed by atoms with E-state index in [1.54, 1.807) is 23.6 Å². The van der Waals surface area contributed by atoms with Gasteiger partial charge < -0.3 is 15.2 Å². The zero-order valence-corrected chi connectivity index (χ0v) is 12.5. The molecule has 5 nitrogen and oxygen atoms in total. The number of hydrogen-bond donors (Lipinski definition) is 2. The van der Waals surface area contributed by atoms with Crippen molar-refractivity contribution < 1.29 is 19.4 Å². The number of hydrogen-bond acceptors (Lipinski definition) is 4. The van der Waals surface area contributed by atoms with Crippen molar-refractivity contribution in [2.75, 3.05) is 6.54 Å². The highest BCUT2D eigenvalue weighted by Gasteiger charge is 2.08. The van der Waals surface area contributed by atoms with Crippen LogP contribution in [0.3, 0.4) is 0 Å². The van der Waals surface area contributed by atoms with E-state index in [1.165, 1.54) is 11.3 Å². The quantitative estimate of drug-likeness (QED) is 0.856. The summed E-state index contributed by atoms with van der Waals surface area (Å²) in [5, 5.41) is 13.2. The Morgan fingerprint density at radius 2 is 2.00 bits per heavy atom. The van der Waals surface area contributed by atoms with Crippen LogP contribution in [0.1, 0.15) is 20.8 Å². The summed E-state index contributed by atoms with van der Waals surface area (Å²) in [6, 6.07) is 10.9. The Morgan fingerprint density at radius 1 is 1.23 bits per heavy atom. The fraction of sp³-hybridized carbons (Fsp3) is 0.125. The molecule has 0 radical (unpaired) electrons. The van der Waals surface area contributed by atoms with Gasteiger partial charge in [-0.25, -0.2) is 9.59 Å². The first-order chi connectivity index (χ1) is 10.7. The van der Waals surface area contributed by atoms with Gasteiger partial charge in [0, 0.05) is 11.4 Å². The minimum atomic E-state index is -0.962. The van der Waals surface area contributed by atoms with Gasteiger partial charge in [-0.05, 0) is 23.1 Å². The first kappa shape index (κ1) is 15.8. The fourth-order valence-corrected chi connectivity index (χ4v) is 2.52. The monoisotopic (exact) mass is 317 g/mol. The first-order valence-electron chi connectivity index (χ1n) is 6.58. The fourth-order valence-electron chi connectivity index (χ4n) is 1.71. The molecular weight excluding hydrogens is 302 g/mol. The summed E-state index contributed by atoms with van der Waals surface area (Å²) in [6.45, 7) is 0.481. The van der Waals surface area contributed by atoms with E-state index < -0.39 is 12.1 Å². The summed E-state index contributed by atoms with van der Waals surface area (Å²) in [6.07, 6.45) is 2.84. The molecule has 1 aromatic carbocycles. The van der Waals surface area contributed by atoms with Gasteiger partial charge in [-0.2, -0.15) is 0 Å². The van der Waals surface area contributed by atoms with Gasteiger partial charge in [-0.1, -0.05) is 36.4 Å². The Hall–Kier alpha value is -2.60. The molecule has 6 heteroatoms. The van der Waals surface area contributed by atoms with Crippen LogP contribution in [0.2, 0.25) is 0 Å². The molecule has 1 amide bonds. The minimum Gasteiger partial charge on any atom is -0.478 e. The molecule has 1 aromatic heterocycles. The van der Waals surface area contributed by atoms with Crippen molar-refractivity contribution in [2.24, 2.45) is 0 Å². The van der Waals surface area contributed by atoms with Crippen molar-refractivity contribution in [3.8, 4) is 0 Å². The second-order valence-corrected chi connectivity index (χ2v) is 5.30. The van der Waals surface area contributed by atoms with Gasteiger partial charge in [0.2, 0.25) is 0 Å². The summed E-state index contributed by atoms with van der Waals surface area (Å²) >= 11 is 1.33. The van der Waals surface area contributed by atoms with Gasteiger partial charge in [0.15, 0.2) is 0 Å². The predicted molar refractivity (Wildman–Crippen MR) is 84.9 cm³/mol. The van der Waals surface area contributed by atoms with Gasteiger partial charge in [-0.3, -0.25) is 0 Å². The summed E-state index contributed by atoms with van der Waals surface area (Å²) in [4.78, 5) is 23.1. The molecule has 1 heterocycles. The van der Waals surface area contributed by atoms with Crippen molar-refractivity contribution in [3.05, 3.63) is 63.9 Å². The average Bonchev–Trinajstić information content (AvgIpc) is 2.99. The van der Waals surface area contributed by atoms with E-state index in [1.807, 2.05) is 30.3 Å². The largest absolute Gasteiger partial charge is 0.478 e. The molecule has 2 N–H and O–H groups in total. The lowest BCUT2D eigenvalue weighted by Crippen LogP contribution is -2.24. The Kier molecular flexibility index (Phi) is 5.73. The van der Waals surface area contributed by atoms with E-state index in [0.29, 0.717) is 4.88 Å². The number of aromatic carboxylic acids is 1. The second-order valence-electron chi connectivity index (χ2n) is 4.35. The maximum Gasteiger partial charge on any atom is 0.407 e. The highest BCUT2D eigenvalue weighted by Crippen LogP contribution is 2.18. The predicted octanol–water partition coefficient (Wildman–Crippen LogP) is 3.39. The van der Waals surface area contributed by atoms with E-state index in [2.05, 4.69) is 5.32 Å². The molecule has 0 aliphatic carbocycles. The lowest BCUT2D eigenvalue weighted by atomic mass is 10.2. The molecule has 2 aromatic rings. The van der Waals surface area contributed by atoms with Gasteiger partial charge in [0.1, 0.15) is 6.61 Å². The number of carbonyl (C=O) groups is 2. The lowest BCUT2D eigenvalue weighted by Gasteiger charge is -2.05. The first-order valence-corrected chi connectivity index (χ1v) is 7.46. The Balaban J connectivity index is 1.74. The minimum absolute atomic E-state index is 0.213. The number of rotatable bonds is 6. The molecule has 22 heavy (non-hydrogen) atoms. The number of nitrogens with one attached hydrogen (secondary N) is 1. The number of thiophene rings is 1. The Labute approximate surface area is 131 Å². The molecule has 114 valence electrons. The van der Waals surface area contributed by atoms with Crippen LogP contribution in [-0.4, -0.2) is 23.7 Å². The summed E-state index contributed by atoms with van der Waals surface area (Å²) in [7, 11) is 0. The van der Waals surface area contributed by atoms with Crippen LogP contribution in [0.5, 0.6) is 0 Å². The van der Waals surface area contributed by atoms with Gasteiger partial charge in [0.25, 0.3) is 0 Å². The van der Waals surface area contributed by atoms with Crippen molar-refractivity contribution in [1.82, 2.24) is 5.32 Å². The van der Waals surface area contributed by atoms with Crippen LogP contribution >= 0.6 is 11.3 Å². The molecular formula is C16H15NO4S. The average molecular weight is 317 g/mol. The normalized spacial score (nSPS) is 10.5. The van der Waals surface area contributed by atoms with Crippen LogP contribution in [0.25, 0.3) is 6.08 Å². The van der Waals surface area contributed by atoms with E-state index in [4.69, 9.17) is 9.84 Å². The number of carboxylic acid groups (broad SMARTS) is 1. The summed E-state index contributed by atoms with van der Waals surface area (Å²) in [5.41, 5.74) is 1.17. The van der Waals surface area contributed by atoms with Crippen LogP contribution < -0.4 is 5.32 Å². The summed E-state index contributed by atoms with van der Waals surface area (Å²) in [5.74, 6) is -0.962.